The van der Waals surface area contributed by atoms with Crippen LogP contribution in [0.5, 0.6) is 0 Å². The fraction of sp³-hybridized carbons (Fsp3) is 0.950. The smallest absolute Gasteiger partial charge is 0.305 e. The number of esters is 1. The summed E-state index contributed by atoms with van der Waals surface area (Å²) >= 11 is 0. The van der Waals surface area contributed by atoms with Crippen LogP contribution in [-0.2, 0) is 9.53 Å². The lowest BCUT2D eigenvalue weighted by molar-refractivity contribution is -0.143. The molecule has 2 nitrogen and oxygen atoms in total. The van der Waals surface area contributed by atoms with Crippen LogP contribution in [0.2, 0.25) is 0 Å². The molecular weight excluding hydrogens is 272 g/mol. The molecule has 0 saturated heterocycles. The van der Waals surface area contributed by atoms with Crippen LogP contribution in [-0.4, -0.2) is 12.6 Å². The number of carbonyl (C=O) groups excluding carboxylic acids is 1. The van der Waals surface area contributed by atoms with Crippen LogP contribution in [0.4, 0.5) is 0 Å². The third-order valence-electron chi connectivity index (χ3n) is 4.87. The zero-order chi connectivity index (χ0) is 16.8. The van der Waals surface area contributed by atoms with Gasteiger partial charge < -0.3 is 4.74 Å². The van der Waals surface area contributed by atoms with Gasteiger partial charge >= 0.3 is 5.97 Å². The largest absolute Gasteiger partial charge is 0.466 e. The predicted octanol–water partition coefficient (Wildman–Crippen LogP) is 6.38. The van der Waals surface area contributed by atoms with Crippen molar-refractivity contribution in [3.8, 4) is 0 Å². The highest BCUT2D eigenvalue weighted by molar-refractivity contribution is 5.69. The van der Waals surface area contributed by atoms with E-state index < -0.39 is 0 Å². The third-order valence-corrected chi connectivity index (χ3v) is 4.87. The van der Waals surface area contributed by atoms with Gasteiger partial charge in [0.15, 0.2) is 0 Å². The summed E-state index contributed by atoms with van der Waals surface area (Å²) < 4.78 is 4.96. The first-order chi connectivity index (χ1) is 10.5. The summed E-state index contributed by atoms with van der Waals surface area (Å²) in [7, 11) is 0. The van der Waals surface area contributed by atoms with Crippen molar-refractivity contribution < 1.29 is 9.53 Å². The Balaban J connectivity index is 3.50. The number of rotatable bonds is 14. The van der Waals surface area contributed by atoms with Crippen LogP contribution < -0.4 is 0 Å². The van der Waals surface area contributed by atoms with Gasteiger partial charge in [0, 0.05) is 6.42 Å². The molecule has 0 aliphatic carbocycles. The minimum atomic E-state index is -0.0374. The number of carbonyl (C=O) groups is 1. The van der Waals surface area contributed by atoms with Gasteiger partial charge in [0.2, 0.25) is 0 Å². The first-order valence-electron chi connectivity index (χ1n) is 9.65. The normalized spacial score (nSPS) is 15.3. The standard InChI is InChI=1S/C20H40O2/c1-6-17(3)11-8-12-18(4)13-9-14-19(5)15-10-16-20(21)22-7-2/h17-19H,6-16H2,1-5H3/t17?,18-,19-/m1/s1. The summed E-state index contributed by atoms with van der Waals surface area (Å²) in [5.41, 5.74) is 0. The number of hydrogen-bond donors (Lipinski definition) is 0. The third kappa shape index (κ3) is 13.2. The molecule has 0 radical (unpaired) electrons. The Labute approximate surface area is 139 Å². The van der Waals surface area contributed by atoms with Gasteiger partial charge in [0.05, 0.1) is 6.61 Å². The quantitative estimate of drug-likeness (QED) is 0.348. The molecule has 0 saturated carbocycles. The van der Waals surface area contributed by atoms with E-state index >= 15 is 0 Å². The van der Waals surface area contributed by atoms with E-state index in [0.717, 1.165) is 30.6 Å². The summed E-state index contributed by atoms with van der Waals surface area (Å²) in [6, 6.07) is 0. The van der Waals surface area contributed by atoms with Gasteiger partial charge in [0.25, 0.3) is 0 Å². The van der Waals surface area contributed by atoms with Gasteiger partial charge in [-0.2, -0.15) is 0 Å². The second-order valence-corrected chi connectivity index (χ2v) is 7.28. The first-order valence-corrected chi connectivity index (χ1v) is 9.65. The Morgan fingerprint density at radius 3 is 1.68 bits per heavy atom. The van der Waals surface area contributed by atoms with E-state index in [-0.39, 0.29) is 5.97 Å². The lowest BCUT2D eigenvalue weighted by atomic mass is 9.91. The summed E-state index contributed by atoms with van der Waals surface area (Å²) in [5.74, 6) is 2.47. The van der Waals surface area contributed by atoms with Crippen molar-refractivity contribution in [1.82, 2.24) is 0 Å². The number of hydrogen-bond acceptors (Lipinski definition) is 2. The number of ether oxygens (including phenoxy) is 1. The van der Waals surface area contributed by atoms with Crippen LogP contribution in [0.1, 0.15) is 98.8 Å². The Kier molecular flexibility index (Phi) is 13.7. The molecule has 0 heterocycles. The van der Waals surface area contributed by atoms with Crippen LogP contribution >= 0.6 is 0 Å². The summed E-state index contributed by atoms with van der Waals surface area (Å²) in [6.07, 6.45) is 12.2. The molecule has 0 aliphatic heterocycles. The van der Waals surface area contributed by atoms with Gasteiger partial charge in [-0.1, -0.05) is 79.1 Å². The Hall–Kier alpha value is -0.530. The molecule has 0 rings (SSSR count). The summed E-state index contributed by atoms with van der Waals surface area (Å²) in [6.45, 7) is 11.7. The van der Waals surface area contributed by atoms with Crippen molar-refractivity contribution in [3.63, 3.8) is 0 Å². The molecule has 0 aliphatic rings. The van der Waals surface area contributed by atoms with Gasteiger partial charge in [-0.3, -0.25) is 4.79 Å². The molecule has 0 aromatic rings. The zero-order valence-electron chi connectivity index (χ0n) is 15.8. The monoisotopic (exact) mass is 312 g/mol. The fourth-order valence-corrected chi connectivity index (χ4v) is 2.95. The van der Waals surface area contributed by atoms with E-state index in [4.69, 9.17) is 4.74 Å². The van der Waals surface area contributed by atoms with Gasteiger partial charge in [-0.15, -0.1) is 0 Å². The van der Waals surface area contributed by atoms with Crippen molar-refractivity contribution in [1.29, 1.82) is 0 Å². The highest BCUT2D eigenvalue weighted by atomic mass is 16.5. The van der Waals surface area contributed by atoms with Gasteiger partial charge in [-0.05, 0) is 31.1 Å². The van der Waals surface area contributed by atoms with Crippen molar-refractivity contribution in [2.24, 2.45) is 17.8 Å². The summed E-state index contributed by atoms with van der Waals surface area (Å²) in [5, 5.41) is 0. The molecule has 0 N–H and O–H groups in total. The average Bonchev–Trinajstić information content (AvgIpc) is 2.47. The lowest BCUT2D eigenvalue weighted by Gasteiger charge is -2.15. The van der Waals surface area contributed by atoms with E-state index in [1.54, 1.807) is 0 Å². The molecule has 1 unspecified atom stereocenters. The predicted molar refractivity (Wildman–Crippen MR) is 96.0 cm³/mol. The minimum absolute atomic E-state index is 0.0374. The van der Waals surface area contributed by atoms with Crippen molar-refractivity contribution in [3.05, 3.63) is 0 Å². The highest BCUT2D eigenvalue weighted by Crippen LogP contribution is 2.21. The maximum atomic E-state index is 11.3. The first kappa shape index (κ1) is 21.5. The van der Waals surface area contributed by atoms with Crippen LogP contribution in [0.15, 0.2) is 0 Å². The fourth-order valence-electron chi connectivity index (χ4n) is 2.95. The second-order valence-electron chi connectivity index (χ2n) is 7.28. The van der Waals surface area contributed by atoms with Crippen LogP contribution in [0.25, 0.3) is 0 Å². The topological polar surface area (TPSA) is 26.3 Å². The molecule has 0 aromatic carbocycles. The molecule has 0 amide bonds. The van der Waals surface area contributed by atoms with Gasteiger partial charge in [0.1, 0.15) is 0 Å². The molecule has 0 bridgehead atoms. The SMILES string of the molecule is CCOC(=O)CCC[C@H](C)CCC[C@H](C)CCCC(C)CC. The Morgan fingerprint density at radius 2 is 1.23 bits per heavy atom. The zero-order valence-corrected chi connectivity index (χ0v) is 15.8. The Bertz CT molecular complexity index is 262. The molecule has 3 atom stereocenters. The average molecular weight is 313 g/mol. The van der Waals surface area contributed by atoms with Crippen molar-refractivity contribution in [2.45, 2.75) is 98.8 Å². The highest BCUT2D eigenvalue weighted by Gasteiger charge is 2.08. The second kappa shape index (κ2) is 14.1. The molecule has 0 spiro atoms. The van der Waals surface area contributed by atoms with Crippen LogP contribution in [0.3, 0.4) is 0 Å². The van der Waals surface area contributed by atoms with Gasteiger partial charge in [-0.25, -0.2) is 0 Å². The lowest BCUT2D eigenvalue weighted by Crippen LogP contribution is -2.05. The van der Waals surface area contributed by atoms with E-state index in [1.165, 1.54) is 44.9 Å². The van der Waals surface area contributed by atoms with E-state index in [1.807, 2.05) is 6.92 Å². The van der Waals surface area contributed by atoms with Crippen LogP contribution in [0, 0.1) is 17.8 Å². The molecule has 22 heavy (non-hydrogen) atoms. The molecule has 0 fully saturated rings. The van der Waals surface area contributed by atoms with E-state index in [0.29, 0.717) is 13.0 Å². The molecular formula is C20H40O2. The summed E-state index contributed by atoms with van der Waals surface area (Å²) in [4.78, 5) is 11.3. The van der Waals surface area contributed by atoms with Crippen molar-refractivity contribution in [2.75, 3.05) is 6.61 Å². The maximum absolute atomic E-state index is 11.3. The molecule has 0 aromatic heterocycles. The van der Waals surface area contributed by atoms with E-state index in [9.17, 15) is 4.79 Å². The van der Waals surface area contributed by atoms with E-state index in [2.05, 4.69) is 27.7 Å². The minimum Gasteiger partial charge on any atom is -0.466 e. The Morgan fingerprint density at radius 1 is 0.773 bits per heavy atom. The van der Waals surface area contributed by atoms with Crippen molar-refractivity contribution >= 4 is 5.97 Å². The maximum Gasteiger partial charge on any atom is 0.305 e. The molecule has 2 heteroatoms. The molecule has 132 valence electrons.